The molecule has 2 aromatic rings. The molecule has 0 aliphatic carbocycles. The Morgan fingerprint density at radius 2 is 2.22 bits per heavy atom. The van der Waals surface area contributed by atoms with Crippen molar-refractivity contribution in [2.45, 2.75) is 19.8 Å². The summed E-state index contributed by atoms with van der Waals surface area (Å²) in [6, 6.07) is 4.14. The summed E-state index contributed by atoms with van der Waals surface area (Å²) < 4.78 is 14.6. The first kappa shape index (κ1) is 12.7. The van der Waals surface area contributed by atoms with Gasteiger partial charge in [0, 0.05) is 6.07 Å². The number of hydrogen-bond donors (Lipinski definition) is 2. The lowest BCUT2D eigenvalue weighted by atomic mass is 10.2. The molecule has 0 fully saturated rings. The van der Waals surface area contributed by atoms with Crippen LogP contribution in [0.5, 0.6) is 0 Å². The molecular weight excluding hydrogens is 257 g/mol. The van der Waals surface area contributed by atoms with Crippen molar-refractivity contribution in [3.63, 3.8) is 0 Å². The maximum atomic E-state index is 13.4. The van der Waals surface area contributed by atoms with Gasteiger partial charge in [-0.05, 0) is 18.6 Å². The number of rotatable bonds is 3. The van der Waals surface area contributed by atoms with Gasteiger partial charge < -0.3 is 5.73 Å². The molecule has 6 heteroatoms. The van der Waals surface area contributed by atoms with Gasteiger partial charge in [0.15, 0.2) is 0 Å². The molecule has 2 rings (SSSR count). The molecular formula is C12H13ClFN3O. The molecule has 1 aromatic heterocycles. The van der Waals surface area contributed by atoms with Gasteiger partial charge in [-0.2, -0.15) is 0 Å². The van der Waals surface area contributed by atoms with E-state index in [0.29, 0.717) is 17.8 Å². The van der Waals surface area contributed by atoms with Crippen LogP contribution in [0.1, 0.15) is 19.0 Å². The van der Waals surface area contributed by atoms with E-state index in [1.807, 2.05) is 6.92 Å². The number of nitrogens with one attached hydrogen (secondary N) is 1. The fourth-order valence-corrected chi connectivity index (χ4v) is 1.86. The number of aryl methyl sites for hydroxylation is 1. The topological polar surface area (TPSA) is 63.8 Å². The van der Waals surface area contributed by atoms with Crippen LogP contribution < -0.4 is 11.3 Å². The number of aromatic nitrogens is 2. The van der Waals surface area contributed by atoms with Gasteiger partial charge in [-0.15, -0.1) is 0 Å². The summed E-state index contributed by atoms with van der Waals surface area (Å²) in [7, 11) is 0. The zero-order valence-corrected chi connectivity index (χ0v) is 10.6. The van der Waals surface area contributed by atoms with Crippen LogP contribution in [0.25, 0.3) is 5.69 Å². The van der Waals surface area contributed by atoms with Gasteiger partial charge in [-0.25, -0.2) is 9.07 Å². The van der Waals surface area contributed by atoms with Crippen molar-refractivity contribution >= 4 is 17.3 Å². The minimum atomic E-state index is -0.578. The summed E-state index contributed by atoms with van der Waals surface area (Å²) in [5.41, 5.74) is 6.54. The Morgan fingerprint density at radius 1 is 1.50 bits per heavy atom. The second kappa shape index (κ2) is 4.86. The fraction of sp³-hybridized carbons (Fsp3) is 0.250. The zero-order chi connectivity index (χ0) is 13.3. The molecule has 4 nitrogen and oxygen atoms in total. The van der Waals surface area contributed by atoms with Crippen molar-refractivity contribution in [1.82, 2.24) is 9.78 Å². The molecule has 96 valence electrons. The SMILES string of the molecule is CCCc1[nH]n(-c2ccc(Cl)c(F)c2)c(=O)c1N. The molecule has 1 aromatic carbocycles. The summed E-state index contributed by atoms with van der Waals surface area (Å²) in [4.78, 5) is 11.9. The Kier molecular flexibility index (Phi) is 3.43. The lowest BCUT2D eigenvalue weighted by Crippen LogP contribution is -2.16. The van der Waals surface area contributed by atoms with Crippen molar-refractivity contribution in [1.29, 1.82) is 0 Å². The average molecular weight is 270 g/mol. The molecule has 0 bridgehead atoms. The van der Waals surface area contributed by atoms with Gasteiger partial charge in [-0.1, -0.05) is 24.9 Å². The Bertz CT molecular complexity index is 633. The van der Waals surface area contributed by atoms with Gasteiger partial charge >= 0.3 is 0 Å². The maximum absolute atomic E-state index is 13.4. The largest absolute Gasteiger partial charge is 0.393 e. The minimum absolute atomic E-state index is 0.0140. The van der Waals surface area contributed by atoms with E-state index in [9.17, 15) is 9.18 Å². The number of nitrogens with two attached hydrogens (primary N) is 1. The van der Waals surface area contributed by atoms with E-state index in [4.69, 9.17) is 17.3 Å². The molecule has 0 aliphatic heterocycles. The van der Waals surface area contributed by atoms with E-state index in [0.717, 1.165) is 6.42 Å². The Morgan fingerprint density at radius 3 is 2.83 bits per heavy atom. The normalized spacial score (nSPS) is 10.8. The van der Waals surface area contributed by atoms with Crippen LogP contribution >= 0.6 is 11.6 Å². The van der Waals surface area contributed by atoms with E-state index in [2.05, 4.69) is 5.10 Å². The van der Waals surface area contributed by atoms with Crippen LogP contribution in [-0.2, 0) is 6.42 Å². The molecule has 0 aliphatic rings. The van der Waals surface area contributed by atoms with Crippen molar-refractivity contribution < 1.29 is 4.39 Å². The molecule has 0 radical (unpaired) electrons. The summed E-state index contributed by atoms with van der Waals surface area (Å²) >= 11 is 5.60. The minimum Gasteiger partial charge on any atom is -0.393 e. The number of halogens is 2. The summed E-state index contributed by atoms with van der Waals surface area (Å²) in [5.74, 6) is -0.578. The van der Waals surface area contributed by atoms with E-state index in [-0.39, 0.29) is 16.3 Å². The number of anilines is 1. The van der Waals surface area contributed by atoms with E-state index in [1.165, 1.54) is 16.8 Å². The highest BCUT2D eigenvalue weighted by Crippen LogP contribution is 2.18. The third kappa shape index (κ3) is 2.13. The van der Waals surface area contributed by atoms with Crippen molar-refractivity contribution in [3.05, 3.63) is 45.1 Å². The third-order valence-corrected chi connectivity index (χ3v) is 2.97. The van der Waals surface area contributed by atoms with Gasteiger partial charge in [0.25, 0.3) is 5.56 Å². The van der Waals surface area contributed by atoms with Gasteiger partial charge in [-0.3, -0.25) is 9.89 Å². The second-order valence-electron chi connectivity index (χ2n) is 3.99. The van der Waals surface area contributed by atoms with E-state index >= 15 is 0 Å². The first-order valence-electron chi connectivity index (χ1n) is 5.59. The quantitative estimate of drug-likeness (QED) is 0.899. The molecule has 18 heavy (non-hydrogen) atoms. The first-order chi connectivity index (χ1) is 8.54. The van der Waals surface area contributed by atoms with Crippen molar-refractivity contribution in [2.24, 2.45) is 0 Å². The van der Waals surface area contributed by atoms with Crippen LogP contribution in [-0.4, -0.2) is 9.78 Å². The number of hydrogen-bond acceptors (Lipinski definition) is 2. The average Bonchev–Trinajstić information content (AvgIpc) is 2.62. The lowest BCUT2D eigenvalue weighted by Gasteiger charge is -2.02. The molecule has 0 saturated heterocycles. The number of benzene rings is 1. The monoisotopic (exact) mass is 269 g/mol. The molecule has 0 spiro atoms. The molecule has 0 unspecified atom stereocenters. The fourth-order valence-electron chi connectivity index (χ4n) is 1.74. The Balaban J connectivity index is 2.54. The number of nitrogen functional groups attached to an aromatic ring is 1. The third-order valence-electron chi connectivity index (χ3n) is 2.67. The van der Waals surface area contributed by atoms with Gasteiger partial charge in [0.2, 0.25) is 0 Å². The summed E-state index contributed by atoms with van der Waals surface area (Å²) in [6.07, 6.45) is 1.53. The summed E-state index contributed by atoms with van der Waals surface area (Å²) in [5, 5.41) is 2.90. The zero-order valence-electron chi connectivity index (χ0n) is 9.84. The molecule has 0 amide bonds. The van der Waals surface area contributed by atoms with E-state index in [1.54, 1.807) is 6.07 Å². The highest BCUT2D eigenvalue weighted by Gasteiger charge is 2.12. The van der Waals surface area contributed by atoms with Crippen molar-refractivity contribution in [2.75, 3.05) is 5.73 Å². The number of H-pyrrole nitrogens is 1. The Labute approximate surface area is 108 Å². The predicted octanol–water partition coefficient (Wildman–Crippen LogP) is 2.49. The Hall–Kier alpha value is -1.75. The van der Waals surface area contributed by atoms with Gasteiger partial charge in [0.1, 0.15) is 11.5 Å². The lowest BCUT2D eigenvalue weighted by molar-refractivity contribution is 0.625. The number of nitrogens with zero attached hydrogens (tertiary/aromatic N) is 1. The first-order valence-corrected chi connectivity index (χ1v) is 5.97. The second-order valence-corrected chi connectivity index (χ2v) is 4.40. The molecule has 0 saturated carbocycles. The number of aromatic amines is 1. The maximum Gasteiger partial charge on any atom is 0.294 e. The van der Waals surface area contributed by atoms with Crippen LogP contribution in [0.15, 0.2) is 23.0 Å². The van der Waals surface area contributed by atoms with Gasteiger partial charge in [0.05, 0.1) is 16.4 Å². The van der Waals surface area contributed by atoms with Crippen LogP contribution in [0.3, 0.4) is 0 Å². The smallest absolute Gasteiger partial charge is 0.294 e. The predicted molar refractivity (Wildman–Crippen MR) is 69.8 cm³/mol. The van der Waals surface area contributed by atoms with E-state index < -0.39 is 5.82 Å². The standard InChI is InChI=1S/C12H13ClFN3O/c1-2-3-10-11(15)12(18)17(16-10)7-4-5-8(13)9(14)6-7/h4-6,16H,2-3,15H2,1H3. The molecule has 1 heterocycles. The van der Waals surface area contributed by atoms with Crippen molar-refractivity contribution in [3.8, 4) is 5.69 Å². The molecule has 3 N–H and O–H groups in total. The molecule has 0 atom stereocenters. The highest BCUT2D eigenvalue weighted by atomic mass is 35.5. The highest BCUT2D eigenvalue weighted by molar-refractivity contribution is 6.30. The van der Waals surface area contributed by atoms with Crippen LogP contribution in [0.2, 0.25) is 5.02 Å². The summed E-state index contributed by atoms with van der Waals surface area (Å²) in [6.45, 7) is 1.98. The van der Waals surface area contributed by atoms with Crippen LogP contribution in [0.4, 0.5) is 10.1 Å². The van der Waals surface area contributed by atoms with Crippen LogP contribution in [0, 0.1) is 5.82 Å².